The van der Waals surface area contributed by atoms with Gasteiger partial charge in [-0.05, 0) is 93.3 Å². The molecule has 2 N–H and O–H groups in total. The second-order valence-corrected chi connectivity index (χ2v) is 9.75. The van der Waals surface area contributed by atoms with Crippen LogP contribution in [0.2, 0.25) is 0 Å². The fourth-order valence-corrected chi connectivity index (χ4v) is 5.59. The molecule has 1 atom stereocenters. The van der Waals surface area contributed by atoms with Crippen LogP contribution in [0, 0.1) is 3.57 Å². The summed E-state index contributed by atoms with van der Waals surface area (Å²) in [5.74, 6) is 0.0224. The minimum absolute atomic E-state index is 0.124. The SMILES string of the molecule is CCOC(=O)COc1c(Br)cc(/C=C2\S[C@@H](Nc3ccc(CC)cc3)NC2=O)cc1I. The minimum atomic E-state index is -0.418. The van der Waals surface area contributed by atoms with E-state index in [1.807, 2.05) is 30.3 Å². The number of ether oxygens (including phenoxy) is 2. The van der Waals surface area contributed by atoms with Crippen LogP contribution in [-0.2, 0) is 20.7 Å². The van der Waals surface area contributed by atoms with Gasteiger partial charge in [0, 0.05) is 5.69 Å². The zero-order chi connectivity index (χ0) is 22.4. The lowest BCUT2D eigenvalue weighted by molar-refractivity contribution is -0.145. The Morgan fingerprint density at radius 3 is 2.68 bits per heavy atom. The highest BCUT2D eigenvalue weighted by Gasteiger charge is 2.27. The predicted molar refractivity (Wildman–Crippen MR) is 136 cm³/mol. The number of thioether (sulfide) groups is 1. The lowest BCUT2D eigenvalue weighted by Gasteiger charge is -2.13. The molecule has 0 bridgehead atoms. The number of rotatable bonds is 8. The molecule has 2 aromatic rings. The van der Waals surface area contributed by atoms with E-state index in [9.17, 15) is 9.59 Å². The molecule has 3 rings (SSSR count). The van der Waals surface area contributed by atoms with Crippen molar-refractivity contribution in [1.29, 1.82) is 0 Å². The van der Waals surface area contributed by atoms with Crippen molar-refractivity contribution in [2.24, 2.45) is 0 Å². The fraction of sp³-hybridized carbons (Fsp3) is 0.273. The van der Waals surface area contributed by atoms with Gasteiger partial charge in [-0.3, -0.25) is 4.79 Å². The maximum atomic E-state index is 12.4. The molecule has 0 spiro atoms. The molecule has 1 saturated heterocycles. The van der Waals surface area contributed by atoms with Gasteiger partial charge in [0.1, 0.15) is 5.75 Å². The summed E-state index contributed by atoms with van der Waals surface area (Å²) in [7, 11) is 0. The number of hydrogen-bond acceptors (Lipinski definition) is 6. The van der Waals surface area contributed by atoms with E-state index in [0.29, 0.717) is 21.7 Å². The number of halogens is 2. The fourth-order valence-electron chi connectivity index (χ4n) is 2.84. The van der Waals surface area contributed by atoms with Crippen LogP contribution < -0.4 is 15.4 Å². The van der Waals surface area contributed by atoms with Crippen LogP contribution in [0.15, 0.2) is 45.8 Å². The average molecular weight is 617 g/mol. The quantitative estimate of drug-likeness (QED) is 0.243. The van der Waals surface area contributed by atoms with Crippen LogP contribution in [0.5, 0.6) is 5.75 Å². The van der Waals surface area contributed by atoms with E-state index in [1.54, 1.807) is 6.92 Å². The lowest BCUT2D eigenvalue weighted by Crippen LogP contribution is -2.30. The van der Waals surface area contributed by atoms with E-state index in [-0.39, 0.29) is 18.0 Å². The molecule has 31 heavy (non-hydrogen) atoms. The summed E-state index contributed by atoms with van der Waals surface area (Å²) >= 11 is 7.06. The number of nitrogens with one attached hydrogen (secondary N) is 2. The van der Waals surface area contributed by atoms with Crippen molar-refractivity contribution >= 4 is 73.9 Å². The Bertz CT molecular complexity index is 975. The van der Waals surface area contributed by atoms with Crippen molar-refractivity contribution in [1.82, 2.24) is 5.32 Å². The number of hydrogen-bond donors (Lipinski definition) is 2. The number of amides is 1. The first kappa shape index (κ1) is 23.9. The van der Waals surface area contributed by atoms with E-state index < -0.39 is 5.97 Å². The zero-order valence-corrected chi connectivity index (χ0v) is 21.6. The Morgan fingerprint density at radius 2 is 2.03 bits per heavy atom. The van der Waals surface area contributed by atoms with Crippen LogP contribution in [-0.4, -0.2) is 30.6 Å². The molecule has 0 unspecified atom stereocenters. The first-order valence-electron chi connectivity index (χ1n) is 9.71. The van der Waals surface area contributed by atoms with Gasteiger partial charge in [-0.15, -0.1) is 0 Å². The van der Waals surface area contributed by atoms with Gasteiger partial charge >= 0.3 is 5.97 Å². The molecule has 1 aliphatic heterocycles. The molecule has 2 aromatic carbocycles. The number of anilines is 1. The molecular weight excluding hydrogens is 595 g/mol. The van der Waals surface area contributed by atoms with E-state index in [0.717, 1.165) is 21.2 Å². The zero-order valence-electron chi connectivity index (χ0n) is 17.0. The topological polar surface area (TPSA) is 76.7 Å². The summed E-state index contributed by atoms with van der Waals surface area (Å²) in [6.07, 6.45) is 2.83. The first-order valence-corrected chi connectivity index (χ1v) is 12.5. The van der Waals surface area contributed by atoms with Crippen LogP contribution in [0.1, 0.15) is 25.0 Å². The van der Waals surface area contributed by atoms with Gasteiger partial charge in [-0.2, -0.15) is 0 Å². The summed E-state index contributed by atoms with van der Waals surface area (Å²) in [4.78, 5) is 24.6. The molecule has 1 aliphatic rings. The van der Waals surface area contributed by atoms with Crippen molar-refractivity contribution in [3.8, 4) is 5.75 Å². The maximum absolute atomic E-state index is 12.4. The van der Waals surface area contributed by atoms with Crippen molar-refractivity contribution in [3.63, 3.8) is 0 Å². The van der Waals surface area contributed by atoms with Crippen molar-refractivity contribution in [3.05, 3.63) is 60.5 Å². The van der Waals surface area contributed by atoms with Crippen molar-refractivity contribution in [2.75, 3.05) is 18.5 Å². The normalized spacial score (nSPS) is 16.8. The highest BCUT2D eigenvalue weighted by molar-refractivity contribution is 14.1. The summed E-state index contributed by atoms with van der Waals surface area (Å²) in [5.41, 5.74) is 2.84. The van der Waals surface area contributed by atoms with E-state index in [1.165, 1.54) is 17.3 Å². The summed E-state index contributed by atoms with van der Waals surface area (Å²) in [5, 5.41) is 6.27. The van der Waals surface area contributed by atoms with Gasteiger partial charge < -0.3 is 20.1 Å². The van der Waals surface area contributed by atoms with Gasteiger partial charge in [0.25, 0.3) is 5.91 Å². The van der Waals surface area contributed by atoms with E-state index in [4.69, 9.17) is 9.47 Å². The maximum Gasteiger partial charge on any atom is 0.344 e. The number of carbonyl (C=O) groups is 2. The van der Waals surface area contributed by atoms with Gasteiger partial charge in [-0.25, -0.2) is 4.79 Å². The van der Waals surface area contributed by atoms with Crippen LogP contribution in [0.25, 0.3) is 6.08 Å². The summed E-state index contributed by atoms with van der Waals surface area (Å²) < 4.78 is 12.0. The Balaban J connectivity index is 1.67. The van der Waals surface area contributed by atoms with Crippen LogP contribution in [0.3, 0.4) is 0 Å². The number of aryl methyl sites for hydroxylation is 1. The third-order valence-electron chi connectivity index (χ3n) is 4.35. The Morgan fingerprint density at radius 1 is 1.29 bits per heavy atom. The van der Waals surface area contributed by atoms with Gasteiger partial charge in [0.2, 0.25) is 0 Å². The predicted octanol–water partition coefficient (Wildman–Crippen LogP) is 5.16. The Hall–Kier alpha value is -1.72. The molecule has 0 saturated carbocycles. The number of benzene rings is 2. The molecule has 1 heterocycles. The second-order valence-electron chi connectivity index (χ2n) is 6.58. The minimum Gasteiger partial charge on any atom is -0.480 e. The monoisotopic (exact) mass is 616 g/mol. The number of esters is 1. The molecule has 6 nitrogen and oxygen atoms in total. The third kappa shape index (κ3) is 6.63. The standard InChI is InChI=1S/C22H22BrIN2O4S/c1-3-13-5-7-15(8-6-13)25-22-26-21(28)18(31-22)11-14-9-16(23)20(17(24)10-14)30-12-19(27)29-4-2/h5-11,22,25H,3-4,12H2,1-2H3,(H,26,28)/b18-11-/t22-/m0/s1. The van der Waals surface area contributed by atoms with E-state index >= 15 is 0 Å². The average Bonchev–Trinajstić information content (AvgIpc) is 3.06. The lowest BCUT2D eigenvalue weighted by atomic mass is 10.1. The highest BCUT2D eigenvalue weighted by Crippen LogP contribution is 2.35. The molecular formula is C22H22BrIN2O4S. The molecule has 1 amide bonds. The molecule has 9 heteroatoms. The molecule has 164 valence electrons. The molecule has 0 radical (unpaired) electrons. The first-order chi connectivity index (χ1) is 14.9. The second kappa shape index (κ2) is 11.2. The van der Waals surface area contributed by atoms with Gasteiger partial charge in [0.05, 0.1) is 19.6 Å². The highest BCUT2D eigenvalue weighted by atomic mass is 127. The van der Waals surface area contributed by atoms with E-state index in [2.05, 4.69) is 68.2 Å². The Labute approximate surface area is 207 Å². The van der Waals surface area contributed by atoms with Crippen molar-refractivity contribution < 1.29 is 19.1 Å². The van der Waals surface area contributed by atoms with Gasteiger partial charge in [0.15, 0.2) is 12.1 Å². The van der Waals surface area contributed by atoms with Crippen molar-refractivity contribution in [2.45, 2.75) is 25.8 Å². The third-order valence-corrected chi connectivity index (χ3v) is 6.77. The largest absolute Gasteiger partial charge is 0.480 e. The molecule has 1 fully saturated rings. The van der Waals surface area contributed by atoms with Gasteiger partial charge in [-0.1, -0.05) is 30.8 Å². The summed E-state index contributed by atoms with van der Waals surface area (Å²) in [6.45, 7) is 4.02. The van der Waals surface area contributed by atoms with Crippen LogP contribution in [0.4, 0.5) is 5.69 Å². The summed E-state index contributed by atoms with van der Waals surface area (Å²) in [6, 6.07) is 11.9. The molecule has 0 aromatic heterocycles. The Kier molecular flexibility index (Phi) is 8.67. The molecule has 0 aliphatic carbocycles. The van der Waals surface area contributed by atoms with Crippen LogP contribution >= 0.6 is 50.3 Å². The smallest absolute Gasteiger partial charge is 0.344 e. The number of carbonyl (C=O) groups excluding carboxylic acids is 2.